The second-order valence-corrected chi connectivity index (χ2v) is 8.12. The number of aryl methyl sites for hydroxylation is 1. The summed E-state index contributed by atoms with van der Waals surface area (Å²) in [6.45, 7) is 3.95. The fourth-order valence-corrected chi connectivity index (χ4v) is 4.68. The lowest BCUT2D eigenvalue weighted by atomic mass is 10.1. The van der Waals surface area contributed by atoms with E-state index in [4.69, 9.17) is 4.74 Å². The van der Waals surface area contributed by atoms with Crippen molar-refractivity contribution in [2.75, 3.05) is 16.9 Å². The number of halogens is 1. The number of hydrogen-bond donors (Lipinski definition) is 1. The van der Waals surface area contributed by atoms with Gasteiger partial charge in [-0.3, -0.25) is 9.59 Å². The van der Waals surface area contributed by atoms with Gasteiger partial charge >= 0.3 is 0 Å². The van der Waals surface area contributed by atoms with Crippen LogP contribution in [0.2, 0.25) is 0 Å². The van der Waals surface area contributed by atoms with Gasteiger partial charge in [-0.1, -0.05) is 12.1 Å². The molecular formula is C21H21FN2O3S. The number of ether oxygens (including phenoxy) is 1. The lowest BCUT2D eigenvalue weighted by Crippen LogP contribution is -2.49. The highest BCUT2D eigenvalue weighted by atomic mass is 32.2. The van der Waals surface area contributed by atoms with Gasteiger partial charge in [0.25, 0.3) is 5.91 Å². The van der Waals surface area contributed by atoms with Crippen LogP contribution in [-0.2, 0) is 16.0 Å². The van der Waals surface area contributed by atoms with Gasteiger partial charge in [-0.15, -0.1) is 11.8 Å². The number of hydrogen-bond acceptors (Lipinski definition) is 4. The van der Waals surface area contributed by atoms with Crippen LogP contribution in [0.15, 0.2) is 36.4 Å². The van der Waals surface area contributed by atoms with Crippen molar-refractivity contribution in [1.82, 2.24) is 4.90 Å². The minimum atomic E-state index is -0.716. The Balaban J connectivity index is 1.47. The monoisotopic (exact) mass is 400 g/mol. The number of amides is 2. The molecule has 2 atom stereocenters. The quantitative estimate of drug-likeness (QED) is 0.859. The van der Waals surface area contributed by atoms with E-state index in [0.29, 0.717) is 29.4 Å². The Kier molecular flexibility index (Phi) is 5.02. The molecule has 0 aromatic heterocycles. The van der Waals surface area contributed by atoms with E-state index in [0.717, 1.165) is 16.8 Å². The van der Waals surface area contributed by atoms with Crippen molar-refractivity contribution in [1.29, 1.82) is 0 Å². The third-order valence-corrected chi connectivity index (χ3v) is 6.32. The Morgan fingerprint density at radius 1 is 1.25 bits per heavy atom. The largest absolute Gasteiger partial charge is 0.480 e. The van der Waals surface area contributed by atoms with Gasteiger partial charge in [-0.05, 0) is 49.2 Å². The van der Waals surface area contributed by atoms with Crippen LogP contribution in [0.4, 0.5) is 10.1 Å². The van der Waals surface area contributed by atoms with Crippen LogP contribution in [0.25, 0.3) is 0 Å². The first-order valence-corrected chi connectivity index (χ1v) is 10.3. The maximum atomic E-state index is 13.4. The van der Waals surface area contributed by atoms with Crippen LogP contribution in [0.5, 0.6) is 5.75 Å². The standard InChI is InChI=1S/C21H21FN2O3S/c1-12-4-3-5-16(13(12)2)23-20(25)17-10-28-11-24(17)21(26)19-9-14-8-15(22)6-7-18(14)27-19/h3-8,17,19H,9-11H2,1-2H3,(H,23,25)/t17-,19+/m0/s1. The summed E-state index contributed by atoms with van der Waals surface area (Å²) in [7, 11) is 0. The summed E-state index contributed by atoms with van der Waals surface area (Å²) in [6, 6.07) is 9.45. The number of carbonyl (C=O) groups excluding carboxylic acids is 2. The van der Waals surface area contributed by atoms with Crippen LogP contribution in [0.1, 0.15) is 16.7 Å². The van der Waals surface area contributed by atoms with Gasteiger partial charge in [-0.2, -0.15) is 0 Å². The fraction of sp³-hybridized carbons (Fsp3) is 0.333. The number of nitrogens with zero attached hydrogens (tertiary/aromatic N) is 1. The molecule has 1 fully saturated rings. The smallest absolute Gasteiger partial charge is 0.265 e. The van der Waals surface area contributed by atoms with Gasteiger partial charge in [-0.25, -0.2) is 4.39 Å². The topological polar surface area (TPSA) is 58.6 Å². The molecule has 2 aromatic carbocycles. The van der Waals surface area contributed by atoms with Gasteiger partial charge in [0, 0.05) is 23.4 Å². The Hall–Kier alpha value is -2.54. The molecule has 2 amide bonds. The van der Waals surface area contributed by atoms with E-state index in [-0.39, 0.29) is 17.6 Å². The first-order valence-electron chi connectivity index (χ1n) is 9.14. The van der Waals surface area contributed by atoms with E-state index in [2.05, 4.69) is 5.32 Å². The van der Waals surface area contributed by atoms with Gasteiger partial charge < -0.3 is 15.0 Å². The molecule has 0 radical (unpaired) electrons. The normalized spacial score (nSPS) is 20.6. The fourth-order valence-electron chi connectivity index (χ4n) is 3.52. The maximum Gasteiger partial charge on any atom is 0.265 e. The summed E-state index contributed by atoms with van der Waals surface area (Å²) in [5.74, 6) is 0.725. The van der Waals surface area contributed by atoms with Crippen molar-refractivity contribution in [2.45, 2.75) is 32.4 Å². The molecule has 2 aliphatic heterocycles. The third kappa shape index (κ3) is 3.46. The Bertz CT molecular complexity index is 949. The zero-order valence-electron chi connectivity index (χ0n) is 15.7. The Morgan fingerprint density at radius 2 is 2.07 bits per heavy atom. The van der Waals surface area contributed by atoms with Crippen molar-refractivity contribution < 1.29 is 18.7 Å². The lowest BCUT2D eigenvalue weighted by molar-refractivity contribution is -0.141. The van der Waals surface area contributed by atoms with Gasteiger partial charge in [0.05, 0.1) is 5.88 Å². The number of benzene rings is 2. The van der Waals surface area contributed by atoms with Gasteiger partial charge in [0.1, 0.15) is 17.6 Å². The molecule has 28 heavy (non-hydrogen) atoms. The van der Waals surface area contributed by atoms with Gasteiger partial charge in [0.2, 0.25) is 5.91 Å². The van der Waals surface area contributed by atoms with Crippen molar-refractivity contribution in [3.8, 4) is 5.75 Å². The summed E-state index contributed by atoms with van der Waals surface area (Å²) in [5, 5.41) is 2.96. The van der Waals surface area contributed by atoms with Crippen LogP contribution in [0.3, 0.4) is 0 Å². The van der Waals surface area contributed by atoms with E-state index in [1.54, 1.807) is 11.0 Å². The average molecular weight is 400 g/mol. The maximum absolute atomic E-state index is 13.4. The zero-order valence-corrected chi connectivity index (χ0v) is 16.5. The van der Waals surface area contributed by atoms with Crippen molar-refractivity contribution in [3.63, 3.8) is 0 Å². The highest BCUT2D eigenvalue weighted by molar-refractivity contribution is 7.99. The second kappa shape index (κ2) is 7.47. The van der Waals surface area contributed by atoms with Crippen LogP contribution < -0.4 is 10.1 Å². The summed E-state index contributed by atoms with van der Waals surface area (Å²) < 4.78 is 19.1. The molecule has 4 rings (SSSR count). The molecule has 0 saturated carbocycles. The van der Waals surface area contributed by atoms with E-state index in [1.165, 1.54) is 23.9 Å². The summed E-state index contributed by atoms with van der Waals surface area (Å²) in [5.41, 5.74) is 3.54. The molecule has 2 aromatic rings. The van der Waals surface area contributed by atoms with E-state index in [9.17, 15) is 14.0 Å². The number of carbonyl (C=O) groups is 2. The molecule has 5 nitrogen and oxygen atoms in total. The molecule has 0 spiro atoms. The number of rotatable bonds is 3. The number of thioether (sulfide) groups is 1. The Morgan fingerprint density at radius 3 is 2.89 bits per heavy atom. The van der Waals surface area contributed by atoms with Crippen LogP contribution in [0, 0.1) is 19.7 Å². The predicted octanol–water partition coefficient (Wildman–Crippen LogP) is 3.29. The van der Waals surface area contributed by atoms with E-state index >= 15 is 0 Å². The zero-order chi connectivity index (χ0) is 19.8. The molecule has 1 N–H and O–H groups in total. The predicted molar refractivity (Wildman–Crippen MR) is 107 cm³/mol. The molecule has 2 aliphatic rings. The number of fused-ring (bicyclic) bond motifs is 1. The highest BCUT2D eigenvalue weighted by Gasteiger charge is 2.40. The second-order valence-electron chi connectivity index (χ2n) is 7.12. The first kappa shape index (κ1) is 18.8. The molecular weight excluding hydrogens is 379 g/mol. The molecule has 7 heteroatoms. The summed E-state index contributed by atoms with van der Waals surface area (Å²) >= 11 is 1.54. The SMILES string of the molecule is Cc1cccc(NC(=O)[C@@H]2CSCN2C(=O)[C@H]2Cc3cc(F)ccc3O2)c1C. The molecule has 2 heterocycles. The van der Waals surface area contributed by atoms with Crippen molar-refractivity contribution >= 4 is 29.3 Å². The third-order valence-electron chi connectivity index (χ3n) is 5.30. The van der Waals surface area contributed by atoms with Gasteiger partial charge in [0.15, 0.2) is 6.10 Å². The molecule has 146 valence electrons. The average Bonchev–Trinajstić information content (AvgIpc) is 3.31. The highest BCUT2D eigenvalue weighted by Crippen LogP contribution is 2.32. The molecule has 0 unspecified atom stereocenters. The number of anilines is 1. The lowest BCUT2D eigenvalue weighted by Gasteiger charge is -2.25. The minimum absolute atomic E-state index is 0.200. The molecule has 1 saturated heterocycles. The van der Waals surface area contributed by atoms with Crippen LogP contribution >= 0.6 is 11.8 Å². The van der Waals surface area contributed by atoms with Crippen LogP contribution in [-0.4, -0.2) is 40.5 Å². The van der Waals surface area contributed by atoms with Crippen molar-refractivity contribution in [2.24, 2.45) is 0 Å². The Labute approximate surface area is 167 Å². The molecule has 0 aliphatic carbocycles. The molecule has 0 bridgehead atoms. The summed E-state index contributed by atoms with van der Waals surface area (Å²) in [6.07, 6.45) is -0.398. The summed E-state index contributed by atoms with van der Waals surface area (Å²) in [4.78, 5) is 27.4. The van der Waals surface area contributed by atoms with E-state index in [1.807, 2.05) is 32.0 Å². The number of nitrogens with one attached hydrogen (secondary N) is 1. The minimum Gasteiger partial charge on any atom is -0.480 e. The van der Waals surface area contributed by atoms with Crippen molar-refractivity contribution in [3.05, 3.63) is 58.9 Å². The van der Waals surface area contributed by atoms with E-state index < -0.39 is 12.1 Å². The first-order chi connectivity index (χ1) is 13.4.